The number of carbonyl (C=O) groups excluding carboxylic acids is 1. The maximum absolute atomic E-state index is 12.4. The number of nitrogens with zero attached hydrogens (tertiary/aromatic N) is 2. The molecule has 0 saturated carbocycles. The highest BCUT2D eigenvalue weighted by atomic mass is 79.9. The fourth-order valence-corrected chi connectivity index (χ4v) is 4.64. The van der Waals surface area contributed by atoms with E-state index in [9.17, 15) is 4.79 Å². The van der Waals surface area contributed by atoms with E-state index in [1.54, 1.807) is 0 Å². The number of alkyl halides is 1. The molecule has 5 nitrogen and oxygen atoms in total. The number of carbonyl (C=O) groups is 1. The first-order chi connectivity index (χ1) is 13.0. The summed E-state index contributed by atoms with van der Waals surface area (Å²) in [6.45, 7) is 8.48. The number of hydrogen-bond donors (Lipinski definition) is 0. The van der Waals surface area contributed by atoms with Crippen molar-refractivity contribution in [3.05, 3.63) is 23.3 Å². The van der Waals surface area contributed by atoms with Crippen LogP contribution in [-0.4, -0.2) is 35.5 Å². The zero-order valence-corrected chi connectivity index (χ0v) is 18.2. The fourth-order valence-electron chi connectivity index (χ4n) is 3.92. The van der Waals surface area contributed by atoms with Gasteiger partial charge in [0.15, 0.2) is 5.08 Å². The van der Waals surface area contributed by atoms with Gasteiger partial charge in [0.2, 0.25) is 0 Å². The first kappa shape index (κ1) is 20.2. The molecule has 0 spiro atoms. The summed E-state index contributed by atoms with van der Waals surface area (Å²) >= 11 is 3.66. The third-order valence-electron chi connectivity index (χ3n) is 4.96. The summed E-state index contributed by atoms with van der Waals surface area (Å²) in [7, 11) is 0. The van der Waals surface area contributed by atoms with E-state index in [4.69, 9.17) is 9.47 Å². The van der Waals surface area contributed by atoms with E-state index >= 15 is 0 Å². The van der Waals surface area contributed by atoms with Crippen molar-refractivity contribution in [2.45, 2.75) is 77.0 Å². The number of hydrogen-bond acceptors (Lipinski definition) is 5. The number of ether oxygens (including phenoxy) is 2. The average Bonchev–Trinajstić information content (AvgIpc) is 2.81. The molecule has 148 valence electrons. The molecule has 1 aromatic carbocycles. The summed E-state index contributed by atoms with van der Waals surface area (Å²) in [5, 5.41) is -0.261. The van der Waals surface area contributed by atoms with Crippen molar-refractivity contribution in [3.8, 4) is 5.75 Å². The van der Waals surface area contributed by atoms with Gasteiger partial charge in [-0.25, -0.2) is 9.79 Å². The minimum absolute atomic E-state index is 0.0569. The van der Waals surface area contributed by atoms with E-state index in [0.717, 1.165) is 43.5 Å². The minimum Gasteiger partial charge on any atom is -0.491 e. The third kappa shape index (κ3) is 4.15. The lowest BCUT2D eigenvalue weighted by atomic mass is 10.0. The molecule has 3 rings (SSSR count). The Labute approximate surface area is 170 Å². The molecule has 0 aromatic heterocycles. The van der Waals surface area contributed by atoms with Crippen LogP contribution in [0.15, 0.2) is 17.1 Å². The minimum atomic E-state index is -0.306. The molecule has 2 heterocycles. The zero-order chi connectivity index (χ0) is 19.6. The van der Waals surface area contributed by atoms with Gasteiger partial charge in [-0.2, -0.15) is 0 Å². The Kier molecular flexibility index (Phi) is 6.45. The molecule has 2 atom stereocenters. The molecular formula is C21H29BrN2O3. The van der Waals surface area contributed by atoms with Gasteiger partial charge < -0.3 is 14.4 Å². The van der Waals surface area contributed by atoms with Gasteiger partial charge in [-0.05, 0) is 73.5 Å². The summed E-state index contributed by atoms with van der Waals surface area (Å²) in [6.07, 6.45) is 5.10. The topological polar surface area (TPSA) is 51.1 Å². The summed E-state index contributed by atoms with van der Waals surface area (Å²) in [6, 6.07) is 4.39. The van der Waals surface area contributed by atoms with Crippen LogP contribution in [0.25, 0.3) is 0 Å². The van der Waals surface area contributed by atoms with Crippen LogP contribution in [0, 0.1) is 0 Å². The Morgan fingerprint density at radius 2 is 2.15 bits per heavy atom. The highest BCUT2D eigenvalue weighted by Gasteiger charge is 2.41. The molecular weight excluding hydrogens is 408 g/mol. The number of halogens is 1. The summed E-state index contributed by atoms with van der Waals surface area (Å²) in [5.74, 6) is 0.634. The van der Waals surface area contributed by atoms with Crippen molar-refractivity contribution in [1.82, 2.24) is 0 Å². The monoisotopic (exact) mass is 436 g/mol. The highest BCUT2D eigenvalue weighted by molar-refractivity contribution is 9.09. The lowest BCUT2D eigenvalue weighted by Gasteiger charge is -2.30. The van der Waals surface area contributed by atoms with Crippen molar-refractivity contribution in [1.29, 1.82) is 0 Å². The van der Waals surface area contributed by atoms with Gasteiger partial charge in [-0.3, -0.25) is 0 Å². The molecule has 2 unspecified atom stereocenters. The Bertz CT molecular complexity index is 732. The van der Waals surface area contributed by atoms with Crippen LogP contribution < -0.4 is 9.64 Å². The number of esters is 1. The number of aryl methyl sites for hydroxylation is 2. The Hall–Kier alpha value is -1.56. The smallest absolute Gasteiger partial charge is 0.354 e. The SMILES string of the molecule is CCCc1cc2c(cc1OC(C)C)N1C(Br)N=C(C(=O)OCC)C1CCC2. The zero-order valence-electron chi connectivity index (χ0n) is 16.6. The lowest BCUT2D eigenvalue weighted by Crippen LogP contribution is -2.40. The fraction of sp³-hybridized carbons (Fsp3) is 0.619. The second kappa shape index (κ2) is 8.63. The summed E-state index contributed by atoms with van der Waals surface area (Å²) in [5.41, 5.74) is 4.20. The molecule has 2 aliphatic heterocycles. The van der Waals surface area contributed by atoms with Gasteiger partial charge in [-0.1, -0.05) is 19.4 Å². The molecule has 0 radical (unpaired) electrons. The first-order valence-corrected chi connectivity index (χ1v) is 10.9. The van der Waals surface area contributed by atoms with E-state index in [0.29, 0.717) is 12.3 Å². The van der Waals surface area contributed by atoms with Gasteiger partial charge in [0.25, 0.3) is 0 Å². The van der Waals surface area contributed by atoms with E-state index in [2.05, 4.69) is 58.7 Å². The maximum atomic E-state index is 12.4. The second-order valence-corrected chi connectivity index (χ2v) is 8.19. The van der Waals surface area contributed by atoms with Crippen LogP contribution in [0.4, 0.5) is 5.69 Å². The largest absolute Gasteiger partial charge is 0.491 e. The Morgan fingerprint density at radius 1 is 1.37 bits per heavy atom. The quantitative estimate of drug-likeness (QED) is 0.370. The van der Waals surface area contributed by atoms with Gasteiger partial charge in [-0.15, -0.1) is 0 Å². The highest BCUT2D eigenvalue weighted by Crippen LogP contribution is 2.41. The van der Waals surface area contributed by atoms with Gasteiger partial charge in [0.05, 0.1) is 18.8 Å². The van der Waals surface area contributed by atoms with Crippen molar-refractivity contribution < 1.29 is 14.3 Å². The summed E-state index contributed by atoms with van der Waals surface area (Å²) < 4.78 is 11.4. The van der Waals surface area contributed by atoms with Crippen molar-refractivity contribution in [2.75, 3.05) is 11.5 Å². The molecule has 0 aliphatic carbocycles. The number of anilines is 1. The molecule has 0 amide bonds. The first-order valence-electron chi connectivity index (χ1n) is 9.95. The molecule has 0 N–H and O–H groups in total. The van der Waals surface area contributed by atoms with E-state index < -0.39 is 0 Å². The molecule has 1 aromatic rings. The molecule has 27 heavy (non-hydrogen) atoms. The van der Waals surface area contributed by atoms with E-state index in [-0.39, 0.29) is 23.2 Å². The van der Waals surface area contributed by atoms with Crippen LogP contribution in [0.1, 0.15) is 58.1 Å². The van der Waals surface area contributed by atoms with Crippen molar-refractivity contribution in [2.24, 2.45) is 4.99 Å². The predicted octanol–water partition coefficient (Wildman–Crippen LogP) is 4.63. The van der Waals surface area contributed by atoms with Crippen LogP contribution in [0.2, 0.25) is 0 Å². The van der Waals surface area contributed by atoms with Crippen LogP contribution >= 0.6 is 15.9 Å². The molecule has 0 bridgehead atoms. The molecule has 0 fully saturated rings. The van der Waals surface area contributed by atoms with Crippen LogP contribution in [0.3, 0.4) is 0 Å². The van der Waals surface area contributed by atoms with Crippen molar-refractivity contribution >= 4 is 33.3 Å². The van der Waals surface area contributed by atoms with Gasteiger partial charge in [0.1, 0.15) is 11.5 Å². The predicted molar refractivity (Wildman–Crippen MR) is 112 cm³/mol. The Balaban J connectivity index is 2.01. The van der Waals surface area contributed by atoms with E-state index in [1.807, 2.05) is 6.92 Å². The second-order valence-electron chi connectivity index (χ2n) is 7.37. The number of fused-ring (bicyclic) bond motifs is 3. The van der Waals surface area contributed by atoms with Gasteiger partial charge >= 0.3 is 5.97 Å². The number of rotatable bonds is 6. The standard InChI is InChI=1S/C21H29BrN2O3/c1-5-8-15-11-14-9-7-10-16-19(20(25)26-6-2)23-21(22)24(16)17(14)12-18(15)27-13(3)4/h11-13,16,21H,5-10H2,1-4H3. The molecule has 6 heteroatoms. The molecule has 0 saturated heterocycles. The third-order valence-corrected chi connectivity index (χ3v) is 5.60. The molecule has 2 aliphatic rings. The Morgan fingerprint density at radius 3 is 2.81 bits per heavy atom. The van der Waals surface area contributed by atoms with Crippen LogP contribution in [-0.2, 0) is 22.4 Å². The van der Waals surface area contributed by atoms with Gasteiger partial charge in [0, 0.05) is 11.8 Å². The maximum Gasteiger partial charge on any atom is 0.354 e. The normalized spacial score (nSPS) is 21.4. The summed E-state index contributed by atoms with van der Waals surface area (Å²) in [4.78, 5) is 19.2. The van der Waals surface area contributed by atoms with Crippen LogP contribution in [0.5, 0.6) is 5.75 Å². The number of benzene rings is 1. The van der Waals surface area contributed by atoms with Crippen molar-refractivity contribution in [3.63, 3.8) is 0 Å². The average molecular weight is 437 g/mol. The van der Waals surface area contributed by atoms with E-state index in [1.165, 1.54) is 11.1 Å². The number of aliphatic imine (C=N–C) groups is 1. The lowest BCUT2D eigenvalue weighted by molar-refractivity contribution is -0.135.